The van der Waals surface area contributed by atoms with Gasteiger partial charge in [-0.1, -0.05) is 0 Å². The van der Waals surface area contributed by atoms with E-state index in [1.54, 1.807) is 20.8 Å². The van der Waals surface area contributed by atoms with Gasteiger partial charge >= 0.3 is 5.97 Å². The smallest absolute Gasteiger partial charge is 0.336 e. The summed E-state index contributed by atoms with van der Waals surface area (Å²) in [5.41, 5.74) is 7.78. The number of carbonyl (C=O) groups is 2. The molecule has 0 aliphatic rings. The molecule has 0 bridgehead atoms. The van der Waals surface area contributed by atoms with Gasteiger partial charge in [0.15, 0.2) is 5.54 Å². The summed E-state index contributed by atoms with van der Waals surface area (Å²) in [7, 11) is 0. The Morgan fingerprint density at radius 1 is 1.33 bits per heavy atom. The summed E-state index contributed by atoms with van der Waals surface area (Å²) in [6, 6.07) is 0. The first-order valence-electron chi connectivity index (χ1n) is 4.56. The Morgan fingerprint density at radius 3 is 2.07 bits per heavy atom. The fourth-order valence-electron chi connectivity index (χ4n) is 0.871. The summed E-state index contributed by atoms with van der Waals surface area (Å²) in [6.45, 7) is 4.51. The third kappa shape index (κ3) is 3.85. The second kappa shape index (κ2) is 4.59. The van der Waals surface area contributed by atoms with Crippen LogP contribution in [0.15, 0.2) is 0 Å². The molecule has 0 aromatic rings. The fraction of sp³-hybridized carbons (Fsp3) is 0.778. The van der Waals surface area contributed by atoms with E-state index in [9.17, 15) is 9.59 Å². The first kappa shape index (κ1) is 13.9. The zero-order valence-electron chi connectivity index (χ0n) is 9.24. The van der Waals surface area contributed by atoms with Gasteiger partial charge in [0, 0.05) is 13.0 Å². The highest BCUT2D eigenvalue weighted by atomic mass is 16.6. The summed E-state index contributed by atoms with van der Waals surface area (Å²) < 4.78 is 4.94. The highest BCUT2D eigenvalue weighted by Crippen LogP contribution is 2.15. The maximum absolute atomic E-state index is 11.6. The molecule has 0 spiro atoms. The Bertz CT molecular complexity index is 259. The zero-order valence-corrected chi connectivity index (χ0v) is 9.24. The second-order valence-corrected chi connectivity index (χ2v) is 4.31. The molecule has 1 atom stereocenters. The minimum atomic E-state index is -1.96. The lowest BCUT2D eigenvalue weighted by atomic mass is 9.96. The van der Waals surface area contributed by atoms with E-state index < -0.39 is 29.6 Å². The lowest BCUT2D eigenvalue weighted by Crippen LogP contribution is -2.60. The number of amides is 1. The van der Waals surface area contributed by atoms with Crippen LogP contribution < -0.4 is 11.5 Å². The number of rotatable bonds is 4. The van der Waals surface area contributed by atoms with Gasteiger partial charge in [-0.25, -0.2) is 4.79 Å². The van der Waals surface area contributed by atoms with Crippen LogP contribution in [0.4, 0.5) is 0 Å². The van der Waals surface area contributed by atoms with Crippen LogP contribution in [0.2, 0.25) is 0 Å². The van der Waals surface area contributed by atoms with Crippen molar-refractivity contribution in [2.24, 2.45) is 11.5 Å². The Balaban J connectivity index is 4.79. The van der Waals surface area contributed by atoms with E-state index in [0.717, 1.165) is 0 Å². The van der Waals surface area contributed by atoms with Gasteiger partial charge in [-0.05, 0) is 20.8 Å². The van der Waals surface area contributed by atoms with E-state index in [1.807, 2.05) is 0 Å². The van der Waals surface area contributed by atoms with Crippen LogP contribution in [0.5, 0.6) is 0 Å². The Labute approximate surface area is 88.6 Å². The number of hydrogen-bond donors (Lipinski definition) is 3. The molecule has 0 radical (unpaired) electrons. The molecule has 88 valence electrons. The molecule has 0 aliphatic carbocycles. The van der Waals surface area contributed by atoms with Crippen molar-refractivity contribution in [3.8, 4) is 0 Å². The van der Waals surface area contributed by atoms with Crippen molar-refractivity contribution in [1.82, 2.24) is 0 Å². The molecule has 0 fully saturated rings. The standard InChI is InChI=1S/C9H18N2O4/c1-8(2,3)15-7(14)9(11,4-5-12)6(10)13/h12H,4-5,11H2,1-3H3,(H2,10,13)/t9-/m0/s1. The van der Waals surface area contributed by atoms with Crippen molar-refractivity contribution in [2.45, 2.75) is 38.3 Å². The first-order valence-corrected chi connectivity index (χ1v) is 4.56. The zero-order chi connectivity index (χ0) is 12.3. The predicted molar refractivity (Wildman–Crippen MR) is 53.7 cm³/mol. The van der Waals surface area contributed by atoms with Crippen LogP contribution in [-0.2, 0) is 14.3 Å². The maximum atomic E-state index is 11.6. The molecule has 1 amide bonds. The highest BCUT2D eigenvalue weighted by Gasteiger charge is 2.43. The summed E-state index contributed by atoms with van der Waals surface area (Å²) in [5.74, 6) is -1.93. The molecule has 6 heteroatoms. The van der Waals surface area contributed by atoms with Gasteiger partial charge in [0.2, 0.25) is 5.91 Å². The summed E-state index contributed by atoms with van der Waals surface area (Å²) in [6.07, 6.45) is -0.253. The van der Waals surface area contributed by atoms with Gasteiger partial charge in [0.05, 0.1) is 0 Å². The molecule has 15 heavy (non-hydrogen) atoms. The molecule has 0 aliphatic heterocycles. The van der Waals surface area contributed by atoms with E-state index in [1.165, 1.54) is 0 Å². The fourth-order valence-corrected chi connectivity index (χ4v) is 0.871. The van der Waals surface area contributed by atoms with Gasteiger partial charge in [0.1, 0.15) is 5.60 Å². The van der Waals surface area contributed by atoms with Crippen LogP contribution in [-0.4, -0.2) is 34.7 Å². The lowest BCUT2D eigenvalue weighted by Gasteiger charge is -2.28. The molecule has 6 nitrogen and oxygen atoms in total. The maximum Gasteiger partial charge on any atom is 0.336 e. The van der Waals surface area contributed by atoms with Crippen molar-refractivity contribution >= 4 is 11.9 Å². The number of ether oxygens (including phenoxy) is 1. The van der Waals surface area contributed by atoms with Crippen molar-refractivity contribution in [3.05, 3.63) is 0 Å². The van der Waals surface area contributed by atoms with E-state index >= 15 is 0 Å². The quantitative estimate of drug-likeness (QED) is 0.409. The van der Waals surface area contributed by atoms with E-state index in [0.29, 0.717) is 0 Å². The molecule has 0 aromatic heterocycles. The van der Waals surface area contributed by atoms with Crippen molar-refractivity contribution in [3.63, 3.8) is 0 Å². The molecular weight excluding hydrogens is 200 g/mol. The van der Waals surface area contributed by atoms with E-state index in [-0.39, 0.29) is 6.42 Å². The summed E-state index contributed by atoms with van der Waals surface area (Å²) in [4.78, 5) is 22.6. The molecule has 0 aromatic carbocycles. The van der Waals surface area contributed by atoms with Crippen LogP contribution in [0.1, 0.15) is 27.2 Å². The average Bonchev–Trinajstić information content (AvgIpc) is 2.00. The minimum Gasteiger partial charge on any atom is -0.458 e. The van der Waals surface area contributed by atoms with Gasteiger partial charge in [-0.2, -0.15) is 0 Å². The average molecular weight is 218 g/mol. The van der Waals surface area contributed by atoms with Crippen molar-refractivity contribution < 1.29 is 19.4 Å². The number of hydrogen-bond acceptors (Lipinski definition) is 5. The molecule has 0 rings (SSSR count). The monoisotopic (exact) mass is 218 g/mol. The van der Waals surface area contributed by atoms with Gasteiger partial charge < -0.3 is 21.3 Å². The van der Waals surface area contributed by atoms with Crippen LogP contribution >= 0.6 is 0 Å². The molecular formula is C9H18N2O4. The number of carbonyl (C=O) groups excluding carboxylic acids is 2. The highest BCUT2D eigenvalue weighted by molar-refractivity contribution is 6.06. The van der Waals surface area contributed by atoms with Crippen LogP contribution in [0, 0.1) is 0 Å². The Hall–Kier alpha value is -1.14. The van der Waals surface area contributed by atoms with Crippen LogP contribution in [0.25, 0.3) is 0 Å². The number of nitrogens with two attached hydrogens (primary N) is 2. The van der Waals surface area contributed by atoms with Crippen LogP contribution in [0.3, 0.4) is 0 Å². The molecule has 0 unspecified atom stereocenters. The van der Waals surface area contributed by atoms with Gasteiger partial charge in [-0.15, -0.1) is 0 Å². The number of aliphatic hydroxyl groups excluding tert-OH is 1. The topological polar surface area (TPSA) is 116 Å². The first-order chi connectivity index (χ1) is 6.63. The lowest BCUT2D eigenvalue weighted by molar-refractivity contribution is -0.164. The number of primary amides is 1. The number of esters is 1. The van der Waals surface area contributed by atoms with Crippen molar-refractivity contribution in [1.29, 1.82) is 0 Å². The second-order valence-electron chi connectivity index (χ2n) is 4.31. The van der Waals surface area contributed by atoms with E-state index in [2.05, 4.69) is 0 Å². The van der Waals surface area contributed by atoms with E-state index in [4.69, 9.17) is 21.3 Å². The third-order valence-electron chi connectivity index (χ3n) is 1.71. The summed E-state index contributed by atoms with van der Waals surface area (Å²) in [5, 5.41) is 8.70. The minimum absolute atomic E-state index is 0.253. The normalized spacial score (nSPS) is 15.5. The largest absolute Gasteiger partial charge is 0.458 e. The Morgan fingerprint density at radius 2 is 1.80 bits per heavy atom. The SMILES string of the molecule is CC(C)(C)OC(=O)[C@](N)(CCO)C(N)=O. The van der Waals surface area contributed by atoms with Gasteiger partial charge in [-0.3, -0.25) is 4.79 Å². The predicted octanol–water partition coefficient (Wildman–Crippen LogP) is -1.11. The molecule has 0 heterocycles. The van der Waals surface area contributed by atoms with Crippen molar-refractivity contribution in [2.75, 3.05) is 6.61 Å². The number of aliphatic hydroxyl groups is 1. The third-order valence-corrected chi connectivity index (χ3v) is 1.71. The molecule has 0 saturated carbocycles. The Kier molecular flexibility index (Phi) is 4.24. The summed E-state index contributed by atoms with van der Waals surface area (Å²) >= 11 is 0. The van der Waals surface area contributed by atoms with Gasteiger partial charge in [0.25, 0.3) is 0 Å². The molecule has 0 saturated heterocycles. The molecule has 5 N–H and O–H groups in total.